The highest BCUT2D eigenvalue weighted by Gasteiger charge is 2.34. The molecule has 0 bridgehead atoms. The number of hydrogen-bond donors (Lipinski definition) is 0. The summed E-state index contributed by atoms with van der Waals surface area (Å²) in [6.45, 7) is 15.7. The molecule has 0 aromatic heterocycles. The van der Waals surface area contributed by atoms with E-state index in [9.17, 15) is 13.2 Å². The number of benzene rings is 1. The van der Waals surface area contributed by atoms with Crippen molar-refractivity contribution < 1.29 is 17.5 Å². The first-order valence-corrected chi connectivity index (χ1v) is 11.1. The maximum atomic E-state index is 12.9. The van der Waals surface area contributed by atoms with Gasteiger partial charge in [0.25, 0.3) is 0 Å². The second-order valence-electron chi connectivity index (χ2n) is 9.71. The molecule has 0 aliphatic heterocycles. The van der Waals surface area contributed by atoms with Gasteiger partial charge in [0.1, 0.15) is 10.6 Å². The highest BCUT2D eigenvalue weighted by molar-refractivity contribution is 7.86. The van der Waals surface area contributed by atoms with Crippen LogP contribution in [0.4, 0.5) is 0 Å². The van der Waals surface area contributed by atoms with Gasteiger partial charge in [-0.2, -0.15) is 8.42 Å². The van der Waals surface area contributed by atoms with Crippen molar-refractivity contribution in [2.45, 2.75) is 66.2 Å². The quantitative estimate of drug-likeness (QED) is 0.486. The van der Waals surface area contributed by atoms with Crippen molar-refractivity contribution in [1.82, 2.24) is 0 Å². The zero-order chi connectivity index (χ0) is 22.2. The highest BCUT2D eigenvalue weighted by Crippen LogP contribution is 2.37. The van der Waals surface area contributed by atoms with E-state index >= 15 is 0 Å². The van der Waals surface area contributed by atoms with Gasteiger partial charge in [-0.1, -0.05) is 72.7 Å². The van der Waals surface area contributed by atoms with E-state index in [4.69, 9.17) is 4.28 Å². The summed E-state index contributed by atoms with van der Waals surface area (Å²) < 4.78 is 30.1. The average Bonchev–Trinajstić information content (AvgIpc) is 2.59. The Labute approximate surface area is 174 Å². The van der Waals surface area contributed by atoms with Crippen LogP contribution in [0.25, 0.3) is 0 Å². The molecule has 0 saturated carbocycles. The van der Waals surface area contributed by atoms with Gasteiger partial charge in [0.15, 0.2) is 5.78 Å². The standard InChI is InChI=1S/C23H31NO4S/c1-15(2)16-9-11-18(12-10-16)29(26,27)28-24-17-13-19(22(3,4)5)21(25)20(14-17)23(6,7)8/h9-15H,1-8H3. The predicted molar refractivity (Wildman–Crippen MR) is 116 cm³/mol. The molecule has 0 spiro atoms. The molecule has 6 heteroatoms. The van der Waals surface area contributed by atoms with Crippen LogP contribution >= 0.6 is 0 Å². The van der Waals surface area contributed by atoms with E-state index in [2.05, 4.69) is 5.16 Å². The van der Waals surface area contributed by atoms with Gasteiger partial charge in [-0.05, 0) is 46.6 Å². The topological polar surface area (TPSA) is 72.8 Å². The van der Waals surface area contributed by atoms with Crippen LogP contribution in [0.1, 0.15) is 66.9 Å². The molecule has 0 fully saturated rings. The lowest BCUT2D eigenvalue weighted by Gasteiger charge is -2.30. The van der Waals surface area contributed by atoms with Crippen LogP contribution in [0.5, 0.6) is 0 Å². The Morgan fingerprint density at radius 2 is 1.31 bits per heavy atom. The lowest BCUT2D eigenvalue weighted by molar-refractivity contribution is -0.114. The van der Waals surface area contributed by atoms with Crippen LogP contribution in [-0.2, 0) is 19.2 Å². The molecule has 158 valence electrons. The molecule has 0 heterocycles. The van der Waals surface area contributed by atoms with Crippen molar-refractivity contribution in [3.63, 3.8) is 0 Å². The molecule has 0 radical (unpaired) electrons. The van der Waals surface area contributed by atoms with Crippen LogP contribution in [0.2, 0.25) is 0 Å². The molecule has 5 nitrogen and oxygen atoms in total. The molecule has 0 atom stereocenters. The van der Waals surface area contributed by atoms with Gasteiger partial charge < -0.3 is 0 Å². The van der Waals surface area contributed by atoms with E-state index in [1.807, 2.05) is 55.4 Å². The maximum Gasteiger partial charge on any atom is 0.358 e. The molecule has 1 aromatic rings. The molecule has 0 N–H and O–H groups in total. The first kappa shape index (κ1) is 23.1. The van der Waals surface area contributed by atoms with Crippen LogP contribution in [0.3, 0.4) is 0 Å². The number of Topliss-reactive ketones (excluding diaryl/α,β-unsaturated/α-hetero) is 1. The molecular weight excluding hydrogens is 386 g/mol. The fourth-order valence-electron chi connectivity index (χ4n) is 2.94. The van der Waals surface area contributed by atoms with E-state index < -0.39 is 20.9 Å². The third-order valence-electron chi connectivity index (χ3n) is 4.77. The zero-order valence-corrected chi connectivity index (χ0v) is 19.3. The van der Waals surface area contributed by atoms with Crippen LogP contribution in [-0.4, -0.2) is 19.9 Å². The van der Waals surface area contributed by atoms with Gasteiger partial charge in [0.05, 0.1) is 0 Å². The molecule has 1 aliphatic carbocycles. The highest BCUT2D eigenvalue weighted by atomic mass is 32.2. The van der Waals surface area contributed by atoms with E-state index in [1.165, 1.54) is 12.1 Å². The summed E-state index contributed by atoms with van der Waals surface area (Å²) in [5.41, 5.74) is 1.68. The lowest BCUT2D eigenvalue weighted by Crippen LogP contribution is -2.29. The summed E-state index contributed by atoms with van der Waals surface area (Å²) in [7, 11) is -4.05. The monoisotopic (exact) mass is 417 g/mol. The van der Waals surface area contributed by atoms with E-state index in [0.717, 1.165) is 5.56 Å². The zero-order valence-electron chi connectivity index (χ0n) is 18.5. The summed E-state index contributed by atoms with van der Waals surface area (Å²) in [5, 5.41) is 3.87. The Bertz CT molecular complexity index is 945. The van der Waals surface area contributed by atoms with Crippen LogP contribution in [0.15, 0.2) is 57.6 Å². The first-order chi connectivity index (χ1) is 13.1. The summed E-state index contributed by atoms with van der Waals surface area (Å²) >= 11 is 0. The van der Waals surface area contributed by atoms with Crippen molar-refractivity contribution in [3.8, 4) is 0 Å². The third kappa shape index (κ3) is 5.44. The van der Waals surface area contributed by atoms with Gasteiger partial charge in [0, 0.05) is 11.1 Å². The molecular formula is C23H31NO4S. The Morgan fingerprint density at radius 1 is 0.862 bits per heavy atom. The van der Waals surface area contributed by atoms with Crippen LogP contribution in [0, 0.1) is 10.8 Å². The Balaban J connectivity index is 2.41. The molecule has 0 amide bonds. The first-order valence-electron chi connectivity index (χ1n) is 9.73. The summed E-state index contributed by atoms with van der Waals surface area (Å²) in [6.07, 6.45) is 3.21. The smallest absolute Gasteiger partial charge is 0.289 e. The molecule has 29 heavy (non-hydrogen) atoms. The second-order valence-corrected chi connectivity index (χ2v) is 11.2. The number of carbonyl (C=O) groups is 1. The number of oxime groups is 1. The van der Waals surface area contributed by atoms with Crippen molar-refractivity contribution in [2.24, 2.45) is 16.0 Å². The fourth-order valence-corrected chi connectivity index (χ4v) is 3.67. The SMILES string of the molecule is CC(C)c1ccc(S(=O)(=O)ON=C2C=C(C(C)(C)C)C(=O)C(C(C)(C)C)=C2)cc1. The fraction of sp³-hybridized carbons (Fsp3) is 0.478. The number of hydrogen-bond acceptors (Lipinski definition) is 5. The van der Waals surface area contributed by atoms with Crippen molar-refractivity contribution in [3.05, 3.63) is 53.1 Å². The van der Waals surface area contributed by atoms with Crippen molar-refractivity contribution in [1.29, 1.82) is 0 Å². The Kier molecular flexibility index (Phi) is 6.29. The number of allylic oxidation sites excluding steroid dienone is 4. The Morgan fingerprint density at radius 3 is 1.69 bits per heavy atom. The second kappa shape index (κ2) is 7.90. The normalized spacial score (nSPS) is 15.9. The van der Waals surface area contributed by atoms with Gasteiger partial charge in [-0.25, -0.2) is 0 Å². The van der Waals surface area contributed by atoms with Crippen molar-refractivity contribution in [2.75, 3.05) is 0 Å². The summed E-state index contributed by atoms with van der Waals surface area (Å²) in [6, 6.07) is 6.56. The number of rotatable bonds is 4. The van der Waals surface area contributed by atoms with Gasteiger partial charge in [-0.15, -0.1) is 0 Å². The molecule has 1 aromatic carbocycles. The third-order valence-corrected chi connectivity index (χ3v) is 5.89. The average molecular weight is 418 g/mol. The number of carbonyl (C=O) groups excluding carboxylic acids is 1. The predicted octanol–water partition coefficient (Wildman–Crippen LogP) is 5.40. The van der Waals surface area contributed by atoms with Crippen molar-refractivity contribution >= 4 is 21.6 Å². The lowest BCUT2D eigenvalue weighted by atomic mass is 9.72. The largest absolute Gasteiger partial charge is 0.358 e. The van der Waals surface area contributed by atoms with Gasteiger partial charge >= 0.3 is 10.1 Å². The summed E-state index contributed by atoms with van der Waals surface area (Å²) in [4.78, 5) is 13.0. The molecule has 2 rings (SSSR count). The molecule has 0 unspecified atom stereocenters. The number of ketones is 1. The number of nitrogens with zero attached hydrogens (tertiary/aromatic N) is 1. The van der Waals surface area contributed by atoms with Gasteiger partial charge in [0.2, 0.25) is 0 Å². The Hall–Kier alpha value is -2.21. The van der Waals surface area contributed by atoms with Crippen LogP contribution < -0.4 is 0 Å². The van der Waals surface area contributed by atoms with E-state index in [1.54, 1.807) is 24.3 Å². The van der Waals surface area contributed by atoms with E-state index in [-0.39, 0.29) is 10.7 Å². The minimum Gasteiger partial charge on any atom is -0.289 e. The van der Waals surface area contributed by atoms with E-state index in [0.29, 0.717) is 22.8 Å². The minimum atomic E-state index is -4.05. The van der Waals surface area contributed by atoms with Gasteiger partial charge in [-0.3, -0.25) is 9.08 Å². The molecule has 1 aliphatic rings. The summed E-state index contributed by atoms with van der Waals surface area (Å²) in [5.74, 6) is 0.255. The maximum absolute atomic E-state index is 12.9. The minimum absolute atomic E-state index is 0.0400. The molecule has 0 saturated heterocycles.